The first-order chi connectivity index (χ1) is 11.6. The van der Waals surface area contributed by atoms with E-state index in [9.17, 15) is 14.9 Å². The molecular weight excluding hydrogens is 332 g/mol. The topological polar surface area (TPSA) is 111 Å². The number of aromatic nitrogens is 2. The predicted octanol–water partition coefficient (Wildman–Crippen LogP) is 3.36. The minimum absolute atomic E-state index is 0.0134. The highest BCUT2D eigenvalue weighted by atomic mass is 32.1. The lowest BCUT2D eigenvalue weighted by Crippen LogP contribution is -2.07. The number of carbonyl (C=O) groups is 1. The third kappa shape index (κ3) is 3.70. The first kappa shape index (κ1) is 15.6. The summed E-state index contributed by atoms with van der Waals surface area (Å²) >= 11 is 0.973. The molecule has 0 fully saturated rings. The third-order valence-corrected chi connectivity index (χ3v) is 3.87. The summed E-state index contributed by atoms with van der Waals surface area (Å²) in [4.78, 5) is 22.5. The first-order valence-electron chi connectivity index (χ1n) is 6.74. The molecule has 0 aliphatic rings. The number of nitro groups is 1. The zero-order chi connectivity index (χ0) is 16.9. The van der Waals surface area contributed by atoms with Crippen LogP contribution in [0.25, 0.3) is 17.5 Å². The fourth-order valence-electron chi connectivity index (χ4n) is 1.81. The number of hydrogen-bond acceptors (Lipinski definition) is 7. The van der Waals surface area contributed by atoms with Gasteiger partial charge in [-0.2, -0.15) is 0 Å². The third-order valence-electron chi connectivity index (χ3n) is 2.87. The average Bonchev–Trinajstić information content (AvgIpc) is 3.23. The van der Waals surface area contributed by atoms with Crippen LogP contribution in [0.15, 0.2) is 53.0 Å². The molecule has 3 rings (SSSR count). The van der Waals surface area contributed by atoms with Crippen molar-refractivity contribution in [3.05, 3.63) is 63.5 Å². The summed E-state index contributed by atoms with van der Waals surface area (Å²) in [5.74, 6) is -0.182. The number of anilines is 1. The second-order valence-corrected chi connectivity index (χ2v) is 5.63. The Morgan fingerprint density at radius 2 is 2.00 bits per heavy atom. The van der Waals surface area contributed by atoms with Gasteiger partial charge < -0.3 is 4.42 Å². The van der Waals surface area contributed by atoms with Gasteiger partial charge in [-0.3, -0.25) is 20.2 Å². The molecule has 0 saturated heterocycles. The molecule has 0 spiro atoms. The van der Waals surface area contributed by atoms with Crippen molar-refractivity contribution in [3.63, 3.8) is 0 Å². The smallest absolute Gasteiger partial charge is 0.324 e. The van der Waals surface area contributed by atoms with Crippen LogP contribution in [0.3, 0.4) is 0 Å². The van der Waals surface area contributed by atoms with Gasteiger partial charge in [0, 0.05) is 22.6 Å². The van der Waals surface area contributed by atoms with Gasteiger partial charge in [-0.25, -0.2) is 0 Å². The fourth-order valence-corrected chi connectivity index (χ4v) is 2.53. The van der Waals surface area contributed by atoms with Crippen molar-refractivity contribution < 1.29 is 14.1 Å². The molecule has 120 valence electrons. The molecule has 8 nitrogen and oxygen atoms in total. The Kier molecular flexibility index (Phi) is 4.43. The standard InChI is InChI=1S/C15H10N4O4S/c20-12(8-6-11-7-9-13(24-11)19(21)22)16-15-18-17-14(23-15)10-4-2-1-3-5-10/h1-9H,(H,16,18,20)/b8-6+. The van der Waals surface area contributed by atoms with Crippen LogP contribution in [0.5, 0.6) is 0 Å². The Bertz CT molecular complexity index is 901. The highest BCUT2D eigenvalue weighted by molar-refractivity contribution is 7.16. The van der Waals surface area contributed by atoms with Crippen LogP contribution in [0.2, 0.25) is 0 Å². The molecule has 1 amide bonds. The van der Waals surface area contributed by atoms with Gasteiger partial charge in [-0.05, 0) is 24.3 Å². The molecule has 0 atom stereocenters. The van der Waals surface area contributed by atoms with Crippen LogP contribution in [-0.4, -0.2) is 21.0 Å². The van der Waals surface area contributed by atoms with Crippen molar-refractivity contribution in [3.8, 4) is 11.5 Å². The van der Waals surface area contributed by atoms with E-state index in [-0.39, 0.29) is 11.0 Å². The molecule has 0 aliphatic carbocycles. The summed E-state index contributed by atoms with van der Waals surface area (Å²) in [6, 6.07) is 12.1. The number of hydrogen-bond donors (Lipinski definition) is 1. The molecule has 0 bridgehead atoms. The number of benzene rings is 1. The molecule has 0 unspecified atom stereocenters. The van der Waals surface area contributed by atoms with Crippen LogP contribution >= 0.6 is 11.3 Å². The van der Waals surface area contributed by atoms with Gasteiger partial charge in [0.15, 0.2) is 0 Å². The zero-order valence-corrected chi connectivity index (χ0v) is 12.9. The molecule has 1 aromatic carbocycles. The Labute approximate surface area is 139 Å². The Hall–Kier alpha value is -3.33. The summed E-state index contributed by atoms with van der Waals surface area (Å²) in [5.41, 5.74) is 0.743. The average molecular weight is 342 g/mol. The van der Waals surface area contributed by atoms with Crippen molar-refractivity contribution in [1.29, 1.82) is 0 Å². The van der Waals surface area contributed by atoms with E-state index >= 15 is 0 Å². The van der Waals surface area contributed by atoms with E-state index in [4.69, 9.17) is 4.42 Å². The first-order valence-corrected chi connectivity index (χ1v) is 7.56. The SMILES string of the molecule is O=C(/C=C/c1ccc([N+](=O)[O-])s1)Nc1nnc(-c2ccccc2)o1. The van der Waals surface area contributed by atoms with Crippen LogP contribution < -0.4 is 5.32 Å². The molecule has 2 aromatic heterocycles. The van der Waals surface area contributed by atoms with E-state index in [1.54, 1.807) is 6.07 Å². The summed E-state index contributed by atoms with van der Waals surface area (Å²) < 4.78 is 5.35. The molecule has 0 aliphatic heterocycles. The van der Waals surface area contributed by atoms with Gasteiger partial charge in [0.2, 0.25) is 5.89 Å². The second kappa shape index (κ2) is 6.84. The van der Waals surface area contributed by atoms with Crippen LogP contribution in [0.1, 0.15) is 4.88 Å². The quantitative estimate of drug-likeness (QED) is 0.432. The van der Waals surface area contributed by atoms with E-state index in [1.165, 1.54) is 18.2 Å². The van der Waals surface area contributed by atoms with Gasteiger partial charge in [0.25, 0.3) is 5.91 Å². The van der Waals surface area contributed by atoms with Crippen LogP contribution in [0.4, 0.5) is 11.0 Å². The van der Waals surface area contributed by atoms with Crippen LogP contribution in [-0.2, 0) is 4.79 Å². The highest BCUT2D eigenvalue weighted by Gasteiger charge is 2.10. The number of thiophene rings is 1. The fraction of sp³-hybridized carbons (Fsp3) is 0. The summed E-state index contributed by atoms with van der Waals surface area (Å²) in [5, 5.41) is 20.6. The number of carbonyl (C=O) groups excluding carboxylic acids is 1. The van der Waals surface area contributed by atoms with E-state index in [0.29, 0.717) is 10.8 Å². The highest BCUT2D eigenvalue weighted by Crippen LogP contribution is 2.25. The second-order valence-electron chi connectivity index (χ2n) is 4.53. The Morgan fingerprint density at radius 1 is 1.21 bits per heavy atom. The molecule has 1 N–H and O–H groups in total. The molecule has 24 heavy (non-hydrogen) atoms. The zero-order valence-electron chi connectivity index (χ0n) is 12.1. The Morgan fingerprint density at radius 3 is 2.71 bits per heavy atom. The van der Waals surface area contributed by atoms with E-state index in [1.807, 2.05) is 30.3 Å². The normalized spacial score (nSPS) is 10.8. The lowest BCUT2D eigenvalue weighted by atomic mass is 10.2. The van der Waals surface area contributed by atoms with Crippen LogP contribution in [0, 0.1) is 10.1 Å². The molecule has 0 radical (unpaired) electrons. The largest absolute Gasteiger partial charge is 0.403 e. The minimum Gasteiger partial charge on any atom is -0.403 e. The summed E-state index contributed by atoms with van der Waals surface area (Å²) in [7, 11) is 0. The maximum Gasteiger partial charge on any atom is 0.324 e. The maximum absolute atomic E-state index is 11.8. The monoisotopic (exact) mass is 342 g/mol. The van der Waals surface area contributed by atoms with Gasteiger partial charge in [-0.15, -0.1) is 5.10 Å². The van der Waals surface area contributed by atoms with Crippen molar-refractivity contribution in [1.82, 2.24) is 10.2 Å². The number of nitrogens with one attached hydrogen (secondary N) is 1. The van der Waals surface area contributed by atoms with Gasteiger partial charge >= 0.3 is 11.0 Å². The molecule has 2 heterocycles. The molecular formula is C15H10N4O4S. The van der Waals surface area contributed by atoms with Gasteiger partial charge in [0.1, 0.15) is 0 Å². The molecule has 3 aromatic rings. The van der Waals surface area contributed by atoms with Crippen molar-refractivity contribution in [2.75, 3.05) is 5.32 Å². The number of nitrogens with zero attached hydrogens (tertiary/aromatic N) is 3. The predicted molar refractivity (Wildman–Crippen MR) is 88.4 cm³/mol. The molecule has 9 heteroatoms. The van der Waals surface area contributed by atoms with Gasteiger partial charge in [0.05, 0.1) is 4.92 Å². The summed E-state index contributed by atoms with van der Waals surface area (Å²) in [6.45, 7) is 0. The van der Waals surface area contributed by atoms with Gasteiger partial charge in [-0.1, -0.05) is 34.6 Å². The number of rotatable bonds is 5. The molecule has 0 saturated carbocycles. The lowest BCUT2D eigenvalue weighted by Gasteiger charge is -1.94. The maximum atomic E-state index is 11.8. The van der Waals surface area contributed by atoms with E-state index in [2.05, 4.69) is 15.5 Å². The minimum atomic E-state index is -0.481. The number of amides is 1. The van der Waals surface area contributed by atoms with Crippen molar-refractivity contribution in [2.45, 2.75) is 0 Å². The van der Waals surface area contributed by atoms with E-state index in [0.717, 1.165) is 16.9 Å². The van der Waals surface area contributed by atoms with Crippen molar-refractivity contribution >= 4 is 34.3 Å². The lowest BCUT2D eigenvalue weighted by molar-refractivity contribution is -0.380. The Balaban J connectivity index is 1.63. The van der Waals surface area contributed by atoms with Crippen molar-refractivity contribution in [2.24, 2.45) is 0 Å². The summed E-state index contributed by atoms with van der Waals surface area (Å²) in [6.07, 6.45) is 2.71. The van der Waals surface area contributed by atoms with E-state index < -0.39 is 10.8 Å².